The van der Waals surface area contributed by atoms with Crippen molar-refractivity contribution in [2.75, 3.05) is 0 Å². The van der Waals surface area contributed by atoms with Crippen LogP contribution in [0.5, 0.6) is 11.5 Å². The maximum Gasteiger partial charge on any atom is 2.00 e. The van der Waals surface area contributed by atoms with E-state index in [-0.39, 0.29) is 56.3 Å². The minimum atomic E-state index is -1.39. The molecular formula is C52H52O2P2Rh+2. The van der Waals surface area contributed by atoms with Gasteiger partial charge in [0.25, 0.3) is 11.7 Å². The van der Waals surface area contributed by atoms with E-state index in [2.05, 4.69) is 187 Å². The first-order valence-electron chi connectivity index (χ1n) is 19.2. The molecule has 1 radical (unpaired) electrons. The molecule has 0 aromatic heterocycles. The second-order valence-corrected chi connectivity index (χ2v) is 23.9. The first kappa shape index (κ1) is 41.1. The number of rotatable bonds is 3. The molecule has 2 aliphatic rings. The SMILES string of the molecule is CC(C)(C)[PH+]1c2c(cccc2-c2c3ccccc3cc3ccccc23)O[C@@H]1[C@H]1Oc2cccc(-c3c4ccccc4cc4ccccc34)c2[PH+]1C(C)(C)C.[CH3-].[CH3-].[Rh+2]. The van der Waals surface area contributed by atoms with Crippen LogP contribution in [-0.2, 0) is 19.5 Å². The minimum Gasteiger partial charge on any atom is -0.445 e. The van der Waals surface area contributed by atoms with Crippen LogP contribution in [0.4, 0.5) is 0 Å². The summed E-state index contributed by atoms with van der Waals surface area (Å²) in [5, 5.41) is 13.1. The Labute approximate surface area is 354 Å². The topological polar surface area (TPSA) is 18.5 Å². The molecular weight excluding hydrogens is 821 g/mol. The number of benzene rings is 8. The molecule has 2 aliphatic heterocycles. The molecule has 8 aromatic rings. The Hall–Kier alpha value is -4.12. The van der Waals surface area contributed by atoms with Gasteiger partial charge in [0.15, 0.2) is 11.5 Å². The van der Waals surface area contributed by atoms with Crippen molar-refractivity contribution in [1.82, 2.24) is 0 Å². The van der Waals surface area contributed by atoms with Gasteiger partial charge in [-0.25, -0.2) is 0 Å². The Balaban J connectivity index is 0.00000165. The van der Waals surface area contributed by atoms with Gasteiger partial charge in [0.1, 0.15) is 10.6 Å². The Morgan fingerprint density at radius 3 is 1.00 bits per heavy atom. The minimum absolute atomic E-state index is 0. The summed E-state index contributed by atoms with van der Waals surface area (Å²) >= 11 is 0. The third-order valence-corrected chi connectivity index (χ3v) is 19.3. The molecule has 10 rings (SSSR count). The van der Waals surface area contributed by atoms with Crippen LogP contribution < -0.4 is 20.1 Å². The maximum atomic E-state index is 7.40. The average Bonchev–Trinajstić information content (AvgIpc) is 3.76. The van der Waals surface area contributed by atoms with E-state index in [1.54, 1.807) is 0 Å². The monoisotopic (exact) mass is 873 g/mol. The van der Waals surface area contributed by atoms with Gasteiger partial charge in [-0.05, 0) is 109 Å². The fourth-order valence-electron chi connectivity index (χ4n) is 9.54. The van der Waals surface area contributed by atoms with E-state index in [9.17, 15) is 0 Å². The predicted molar refractivity (Wildman–Crippen MR) is 251 cm³/mol. The molecule has 2 heterocycles. The zero-order valence-corrected chi connectivity index (χ0v) is 37.8. The molecule has 2 unspecified atom stereocenters. The molecule has 0 aliphatic carbocycles. The van der Waals surface area contributed by atoms with Gasteiger partial charge in [-0.2, -0.15) is 0 Å². The van der Waals surface area contributed by atoms with Gasteiger partial charge in [0, 0.05) is 22.3 Å². The van der Waals surface area contributed by atoms with Crippen LogP contribution in [0.3, 0.4) is 0 Å². The van der Waals surface area contributed by atoms with E-state index in [1.165, 1.54) is 76.0 Å². The molecule has 289 valence electrons. The second-order valence-electron chi connectivity index (χ2n) is 17.1. The average molecular weight is 874 g/mol. The number of hydrogen-bond acceptors (Lipinski definition) is 2. The zero-order chi connectivity index (χ0) is 36.9. The summed E-state index contributed by atoms with van der Waals surface area (Å²) in [5.74, 6) is 1.97. The summed E-state index contributed by atoms with van der Waals surface area (Å²) < 4.78 is 14.8. The Morgan fingerprint density at radius 1 is 0.404 bits per heavy atom. The fourth-order valence-corrected chi connectivity index (χ4v) is 17.4. The molecule has 57 heavy (non-hydrogen) atoms. The van der Waals surface area contributed by atoms with Gasteiger partial charge < -0.3 is 24.3 Å². The predicted octanol–water partition coefficient (Wildman–Crippen LogP) is 13.9. The van der Waals surface area contributed by atoms with Crippen molar-refractivity contribution in [2.45, 2.75) is 63.5 Å². The van der Waals surface area contributed by atoms with Crippen LogP contribution >= 0.6 is 15.8 Å². The normalized spacial score (nSPS) is 18.6. The van der Waals surface area contributed by atoms with Gasteiger partial charge in [-0.3, -0.25) is 0 Å². The van der Waals surface area contributed by atoms with Crippen LogP contribution in [0.2, 0.25) is 0 Å². The van der Waals surface area contributed by atoms with Crippen molar-refractivity contribution in [3.63, 3.8) is 0 Å². The van der Waals surface area contributed by atoms with Crippen molar-refractivity contribution in [2.24, 2.45) is 0 Å². The maximum absolute atomic E-state index is 7.40. The second kappa shape index (κ2) is 15.2. The summed E-state index contributed by atoms with van der Waals surface area (Å²) in [6.07, 6.45) is 0. The standard InChI is InChI=1S/C50H44O2P2.2CH3.Rh/c1-49(2,3)53-45-39(43-35-21-11-7-17-31(35)29-32-18-8-12-22-36(32)43)25-15-27-41(45)51-47(53)48-52-42-28-16-26-40(46(42)54(48)50(4,5)6)44-37-23-13-9-19-33(37)30-34-20-10-14-24-38(34)44;;;/h7-30,47-48H,1-6H3;2*1H3;/q;2*-1;+2/p+2/t47-,48-,53?,54?;;;/m0.../s1. The molecule has 2 nitrogen and oxygen atoms in total. The van der Waals surface area contributed by atoms with Crippen LogP contribution in [0.25, 0.3) is 65.3 Å². The summed E-state index contributed by atoms with van der Waals surface area (Å²) in [4.78, 5) is 0. The van der Waals surface area contributed by atoms with Crippen molar-refractivity contribution >= 4 is 69.5 Å². The molecule has 8 aromatic carbocycles. The third kappa shape index (κ3) is 6.60. The van der Waals surface area contributed by atoms with Crippen molar-refractivity contribution in [1.29, 1.82) is 0 Å². The molecule has 0 saturated carbocycles. The Bertz CT molecular complexity index is 2500. The number of ether oxygens (including phenoxy) is 2. The third-order valence-electron chi connectivity index (χ3n) is 11.6. The zero-order valence-electron chi connectivity index (χ0n) is 34.2. The molecule has 0 amide bonds. The van der Waals surface area contributed by atoms with E-state index in [0.29, 0.717) is 0 Å². The molecule has 4 atom stereocenters. The van der Waals surface area contributed by atoms with Gasteiger partial charge in [0.2, 0.25) is 0 Å². The molecule has 0 spiro atoms. The Kier molecular flexibility index (Phi) is 11.0. The van der Waals surface area contributed by atoms with Crippen molar-refractivity contribution in [3.8, 4) is 33.8 Å². The molecule has 0 N–H and O–H groups in total. The van der Waals surface area contributed by atoms with Crippen LogP contribution in [0.15, 0.2) is 146 Å². The summed E-state index contributed by atoms with van der Waals surface area (Å²) in [5.41, 5.74) is 5.27. The van der Waals surface area contributed by atoms with E-state index < -0.39 is 15.8 Å². The number of hydrogen-bond donors (Lipinski definition) is 0. The molecule has 0 bridgehead atoms. The smallest absolute Gasteiger partial charge is 0.445 e. The van der Waals surface area contributed by atoms with E-state index in [0.717, 1.165) is 11.5 Å². The van der Waals surface area contributed by atoms with Crippen LogP contribution in [0.1, 0.15) is 41.5 Å². The summed E-state index contributed by atoms with van der Waals surface area (Å²) in [7, 11) is -2.79. The van der Waals surface area contributed by atoms with Gasteiger partial charge in [-0.1, -0.05) is 121 Å². The van der Waals surface area contributed by atoms with E-state index in [1.807, 2.05) is 0 Å². The first-order valence-corrected chi connectivity index (χ1v) is 22.4. The quantitative estimate of drug-likeness (QED) is 0.0762. The fraction of sp³-hybridized carbons (Fsp3) is 0.192. The van der Waals surface area contributed by atoms with E-state index in [4.69, 9.17) is 9.47 Å². The van der Waals surface area contributed by atoms with Gasteiger partial charge >= 0.3 is 19.5 Å². The van der Waals surface area contributed by atoms with Crippen LogP contribution in [0, 0.1) is 14.9 Å². The van der Waals surface area contributed by atoms with E-state index >= 15 is 0 Å². The molecule has 0 saturated heterocycles. The van der Waals surface area contributed by atoms with Gasteiger partial charge in [0.05, 0.1) is 26.2 Å². The van der Waals surface area contributed by atoms with Crippen LogP contribution in [-0.4, -0.2) is 22.0 Å². The van der Waals surface area contributed by atoms with Crippen molar-refractivity contribution in [3.05, 3.63) is 160 Å². The molecule has 5 heteroatoms. The summed E-state index contributed by atoms with van der Waals surface area (Å²) in [6.45, 7) is 14.6. The number of fused-ring (bicyclic) bond motifs is 6. The molecule has 0 fully saturated rings. The van der Waals surface area contributed by atoms with Crippen molar-refractivity contribution < 1.29 is 29.0 Å². The first-order chi connectivity index (χ1) is 26.1. The summed E-state index contributed by atoms with van der Waals surface area (Å²) in [6, 6.07) is 53.8. The Morgan fingerprint density at radius 2 is 0.702 bits per heavy atom. The largest absolute Gasteiger partial charge is 2.00 e. The van der Waals surface area contributed by atoms with Gasteiger partial charge in [-0.15, -0.1) is 0 Å².